The Kier molecular flexibility index (Phi) is 2.88. The molecule has 1 aliphatic heterocycles. The molecule has 0 aliphatic carbocycles. The van der Waals surface area contributed by atoms with Gasteiger partial charge in [0.05, 0.1) is 0 Å². The maximum atomic E-state index is 11.2. The highest BCUT2D eigenvalue weighted by atomic mass is 16.8. The van der Waals surface area contributed by atoms with Gasteiger partial charge in [0.15, 0.2) is 5.69 Å². The van der Waals surface area contributed by atoms with Crippen molar-refractivity contribution in [3.8, 4) is 0 Å². The summed E-state index contributed by atoms with van der Waals surface area (Å²) in [5, 5.41) is 22.8. The first-order valence-electron chi connectivity index (χ1n) is 4.73. The molecule has 4 N–H and O–H groups in total. The van der Waals surface area contributed by atoms with Crippen LogP contribution < -0.4 is 15.9 Å². The van der Waals surface area contributed by atoms with Gasteiger partial charge in [0.1, 0.15) is 5.70 Å². The van der Waals surface area contributed by atoms with E-state index in [0.29, 0.717) is 5.56 Å². The van der Waals surface area contributed by atoms with Gasteiger partial charge in [0, 0.05) is 12.1 Å². The molecule has 88 valence electrons. The molecule has 1 heterocycles. The van der Waals surface area contributed by atoms with Crippen LogP contribution in [0.4, 0.5) is 10.5 Å². The van der Waals surface area contributed by atoms with Crippen molar-refractivity contribution in [2.24, 2.45) is 0 Å². The summed E-state index contributed by atoms with van der Waals surface area (Å²) in [7, 11) is 0. The highest BCUT2D eigenvalue weighted by Gasteiger charge is 2.22. The fourth-order valence-corrected chi connectivity index (χ4v) is 1.41. The van der Waals surface area contributed by atoms with Crippen LogP contribution in [0.5, 0.6) is 0 Å². The Morgan fingerprint density at radius 1 is 1.29 bits per heavy atom. The van der Waals surface area contributed by atoms with E-state index in [1.54, 1.807) is 12.1 Å². The van der Waals surface area contributed by atoms with Crippen molar-refractivity contribution in [2.45, 2.75) is 0 Å². The van der Waals surface area contributed by atoms with Gasteiger partial charge in [-0.2, -0.15) is 5.23 Å². The van der Waals surface area contributed by atoms with E-state index in [0.717, 1.165) is 0 Å². The van der Waals surface area contributed by atoms with Gasteiger partial charge in [-0.3, -0.25) is 10.1 Å². The summed E-state index contributed by atoms with van der Waals surface area (Å²) in [6.45, 7) is 0. The highest BCUT2D eigenvalue weighted by molar-refractivity contribution is 6.13. The topological polar surface area (TPSA) is 106 Å². The minimum atomic E-state index is -1.05. The predicted octanol–water partition coefficient (Wildman–Crippen LogP) is -0.730. The first-order valence-corrected chi connectivity index (χ1v) is 4.73. The van der Waals surface area contributed by atoms with E-state index in [4.69, 9.17) is 5.21 Å². The molecule has 7 nitrogen and oxygen atoms in total. The van der Waals surface area contributed by atoms with E-state index in [1.165, 1.54) is 18.2 Å². The van der Waals surface area contributed by atoms with Crippen molar-refractivity contribution in [1.82, 2.24) is 10.6 Å². The van der Waals surface area contributed by atoms with Gasteiger partial charge in [0.25, 0.3) is 5.91 Å². The van der Waals surface area contributed by atoms with E-state index in [9.17, 15) is 14.8 Å². The number of quaternary nitrogens is 1. The van der Waals surface area contributed by atoms with Gasteiger partial charge in [-0.25, -0.2) is 10.0 Å². The third-order valence-corrected chi connectivity index (χ3v) is 2.16. The van der Waals surface area contributed by atoms with Gasteiger partial charge in [-0.15, -0.1) is 0 Å². The van der Waals surface area contributed by atoms with Crippen molar-refractivity contribution in [3.05, 3.63) is 40.7 Å². The lowest BCUT2D eigenvalue weighted by molar-refractivity contribution is -0.991. The van der Waals surface area contributed by atoms with Gasteiger partial charge in [0.2, 0.25) is 0 Å². The first kappa shape index (κ1) is 11.3. The summed E-state index contributed by atoms with van der Waals surface area (Å²) >= 11 is 0. The van der Waals surface area contributed by atoms with E-state index < -0.39 is 17.2 Å². The van der Waals surface area contributed by atoms with Gasteiger partial charge in [-0.05, 0) is 11.6 Å². The molecule has 1 aromatic carbocycles. The molecule has 1 unspecified atom stereocenters. The number of rotatable bonds is 2. The molecule has 0 aromatic heterocycles. The average Bonchev–Trinajstić information content (AvgIpc) is 2.58. The summed E-state index contributed by atoms with van der Waals surface area (Å²) in [6.07, 6.45) is 1.41. The second kappa shape index (κ2) is 4.34. The summed E-state index contributed by atoms with van der Waals surface area (Å²) in [4.78, 5) is 22.1. The summed E-state index contributed by atoms with van der Waals surface area (Å²) in [5.41, 5.74) is 0.735. The van der Waals surface area contributed by atoms with E-state index in [2.05, 4.69) is 10.6 Å². The van der Waals surface area contributed by atoms with Crippen LogP contribution in [0, 0.1) is 5.21 Å². The molecule has 3 amide bonds. The van der Waals surface area contributed by atoms with Crippen molar-refractivity contribution in [1.29, 1.82) is 0 Å². The standard InChI is InChI=1S/C10H9N3O4/c14-9-8(11-10(15)12-9)5-6-2-1-3-7(4-6)13(16)17/h1-5,13,16H,(H2,11,12,14,15)/b8-5+. The zero-order valence-electron chi connectivity index (χ0n) is 8.56. The minimum Gasteiger partial charge on any atom is -0.595 e. The number of carbonyl (C=O) groups excluding carboxylic acids is 2. The number of amides is 3. The Labute approximate surface area is 95.9 Å². The largest absolute Gasteiger partial charge is 0.595 e. The fourth-order valence-electron chi connectivity index (χ4n) is 1.41. The second-order valence-corrected chi connectivity index (χ2v) is 3.40. The maximum Gasteiger partial charge on any atom is 0.326 e. The zero-order chi connectivity index (χ0) is 12.4. The number of hydrogen-bond donors (Lipinski definition) is 4. The summed E-state index contributed by atoms with van der Waals surface area (Å²) in [6, 6.07) is 5.46. The molecule has 2 rings (SSSR count). The average molecular weight is 235 g/mol. The zero-order valence-corrected chi connectivity index (χ0v) is 8.56. The number of nitrogens with one attached hydrogen (secondary N) is 3. The van der Waals surface area contributed by atoms with Crippen LogP contribution in [0.1, 0.15) is 5.56 Å². The van der Waals surface area contributed by atoms with Crippen molar-refractivity contribution < 1.29 is 20.0 Å². The normalized spacial score (nSPS) is 19.1. The number of carbonyl (C=O) groups is 2. The van der Waals surface area contributed by atoms with Crippen LogP contribution in [-0.2, 0) is 4.79 Å². The Morgan fingerprint density at radius 3 is 2.65 bits per heavy atom. The van der Waals surface area contributed by atoms with Crippen LogP contribution in [0.15, 0.2) is 30.0 Å². The molecule has 0 spiro atoms. The van der Waals surface area contributed by atoms with Crippen molar-refractivity contribution >= 4 is 23.7 Å². The van der Waals surface area contributed by atoms with Crippen LogP contribution in [0.2, 0.25) is 0 Å². The van der Waals surface area contributed by atoms with Gasteiger partial charge < -0.3 is 10.5 Å². The third kappa shape index (κ3) is 2.48. The van der Waals surface area contributed by atoms with E-state index >= 15 is 0 Å². The molecule has 1 aliphatic rings. The van der Waals surface area contributed by atoms with Crippen molar-refractivity contribution in [3.63, 3.8) is 0 Å². The fraction of sp³-hybridized carbons (Fsp3) is 0. The van der Waals surface area contributed by atoms with Crippen LogP contribution >= 0.6 is 0 Å². The molecule has 1 fully saturated rings. The Morgan fingerprint density at radius 2 is 2.06 bits per heavy atom. The van der Waals surface area contributed by atoms with E-state index in [1.807, 2.05) is 0 Å². The number of urea groups is 1. The van der Waals surface area contributed by atoms with Crippen LogP contribution in [-0.4, -0.2) is 17.1 Å². The lowest BCUT2D eigenvalue weighted by atomic mass is 10.1. The molecule has 0 saturated carbocycles. The van der Waals surface area contributed by atoms with Gasteiger partial charge >= 0.3 is 6.03 Å². The number of benzene rings is 1. The van der Waals surface area contributed by atoms with Crippen molar-refractivity contribution in [2.75, 3.05) is 0 Å². The summed E-state index contributed by atoms with van der Waals surface area (Å²) < 4.78 is 0. The molecule has 7 heteroatoms. The molecule has 1 aromatic rings. The molecular weight excluding hydrogens is 226 g/mol. The second-order valence-electron chi connectivity index (χ2n) is 3.40. The Bertz CT molecular complexity index is 510. The quantitative estimate of drug-likeness (QED) is 0.308. The molecule has 0 radical (unpaired) electrons. The maximum absolute atomic E-state index is 11.2. The Hall–Kier alpha value is -2.22. The lowest BCUT2D eigenvalue weighted by Gasteiger charge is -2.11. The molecule has 1 atom stereocenters. The predicted molar refractivity (Wildman–Crippen MR) is 56.9 cm³/mol. The Balaban J connectivity index is 2.29. The molecule has 0 bridgehead atoms. The van der Waals surface area contributed by atoms with Gasteiger partial charge in [-0.1, -0.05) is 12.1 Å². The van der Waals surface area contributed by atoms with Crippen LogP contribution in [0.25, 0.3) is 6.08 Å². The van der Waals surface area contributed by atoms with Crippen LogP contribution in [0.3, 0.4) is 0 Å². The highest BCUT2D eigenvalue weighted by Crippen LogP contribution is 2.11. The monoisotopic (exact) mass is 235 g/mol. The summed E-state index contributed by atoms with van der Waals surface area (Å²) in [5.74, 6) is -0.532. The molecular formula is C10H9N3O4. The lowest BCUT2D eigenvalue weighted by Crippen LogP contribution is -2.99. The molecule has 17 heavy (non-hydrogen) atoms. The minimum absolute atomic E-state index is 0.0949. The van der Waals surface area contributed by atoms with E-state index in [-0.39, 0.29) is 11.4 Å². The third-order valence-electron chi connectivity index (χ3n) is 2.16. The SMILES string of the molecule is O=C1NC(=O)/C(=C\c2cccc([NH+]([O-])O)c2)N1. The number of imide groups is 1. The molecule has 1 saturated heterocycles. The first-order chi connectivity index (χ1) is 8.06. The number of hydrogen-bond acceptors (Lipinski definition) is 4. The smallest absolute Gasteiger partial charge is 0.326 e.